The van der Waals surface area contributed by atoms with Crippen LogP contribution in [-0.4, -0.2) is 12.4 Å². The van der Waals surface area contributed by atoms with Crippen molar-refractivity contribution in [3.05, 3.63) is 126 Å². The molecule has 29 heavy (non-hydrogen) atoms. The molecule has 1 aliphatic rings. The van der Waals surface area contributed by atoms with E-state index < -0.39 is 0 Å². The van der Waals surface area contributed by atoms with Crippen molar-refractivity contribution >= 4 is 12.4 Å². The van der Waals surface area contributed by atoms with E-state index in [1.165, 1.54) is 28.2 Å². The Bertz CT molecular complexity index is 1060. The number of benzene rings is 3. The zero-order valence-electron chi connectivity index (χ0n) is 16.4. The molecule has 0 nitrogen and oxygen atoms in total. The van der Waals surface area contributed by atoms with E-state index in [1.807, 2.05) is 19.1 Å². The standard InChI is InChI=1S/C28H22B/c1-3-9-23(10-4-1)11-7-8-22-29-28-20-18-27(19-21-28)26-16-14-25(15-17-26)24-12-5-2-6-13-24/h1-6,9-10,12-21H,7,11H2/q-1. The molecule has 0 aromatic heterocycles. The summed E-state index contributed by atoms with van der Waals surface area (Å²) >= 11 is 0. The maximum absolute atomic E-state index is 3.24. The molecule has 0 amide bonds. The third-order valence-corrected chi connectivity index (χ3v) is 4.96. The van der Waals surface area contributed by atoms with Gasteiger partial charge in [-0.25, -0.2) is 0 Å². The van der Waals surface area contributed by atoms with Crippen molar-refractivity contribution in [1.29, 1.82) is 0 Å². The van der Waals surface area contributed by atoms with Gasteiger partial charge >= 0.3 is 174 Å². The van der Waals surface area contributed by atoms with E-state index in [0.717, 1.165) is 18.3 Å². The van der Waals surface area contributed by atoms with Gasteiger partial charge < -0.3 is 0 Å². The van der Waals surface area contributed by atoms with Crippen LogP contribution in [0.2, 0.25) is 0 Å². The molecule has 0 heterocycles. The first-order chi connectivity index (χ1) is 14.4. The molecule has 0 aliphatic heterocycles. The van der Waals surface area contributed by atoms with Crippen LogP contribution in [0.3, 0.4) is 0 Å². The van der Waals surface area contributed by atoms with Gasteiger partial charge in [0.25, 0.3) is 0 Å². The molecule has 0 radical (unpaired) electrons. The van der Waals surface area contributed by atoms with E-state index in [9.17, 15) is 0 Å². The number of aryl methyl sites for hydroxylation is 1. The van der Waals surface area contributed by atoms with Crippen molar-refractivity contribution in [2.24, 2.45) is 0 Å². The van der Waals surface area contributed by atoms with Crippen molar-refractivity contribution in [2.45, 2.75) is 12.8 Å². The van der Waals surface area contributed by atoms with Crippen LogP contribution >= 0.6 is 0 Å². The summed E-state index contributed by atoms with van der Waals surface area (Å²) in [6, 6.07) is 29.7. The molecule has 4 rings (SSSR count). The van der Waals surface area contributed by atoms with Crippen molar-refractivity contribution in [3.63, 3.8) is 0 Å². The normalized spacial score (nSPS) is 12.3. The SMILES string of the molecule is B(C#CCCc1ccccc1)=C1C=C[C-](c2ccc(-c3ccccc3)cc2)C=C1. The van der Waals surface area contributed by atoms with Gasteiger partial charge in [0.2, 0.25) is 0 Å². The third-order valence-electron chi connectivity index (χ3n) is 4.96. The molecule has 0 atom stereocenters. The van der Waals surface area contributed by atoms with Crippen LogP contribution in [0.15, 0.2) is 109 Å². The number of hydrogen-bond donors (Lipinski definition) is 0. The summed E-state index contributed by atoms with van der Waals surface area (Å²) in [5, 5.41) is 0. The Morgan fingerprint density at radius 2 is 1.31 bits per heavy atom. The molecule has 1 aliphatic carbocycles. The van der Waals surface area contributed by atoms with Crippen LogP contribution in [0.25, 0.3) is 11.1 Å². The summed E-state index contributed by atoms with van der Waals surface area (Å²) in [5.74, 6) is 7.65. The van der Waals surface area contributed by atoms with Crippen molar-refractivity contribution in [3.8, 4) is 22.9 Å². The minimum absolute atomic E-state index is 0.881. The van der Waals surface area contributed by atoms with Crippen molar-refractivity contribution < 1.29 is 0 Å². The van der Waals surface area contributed by atoms with E-state index >= 15 is 0 Å². The van der Waals surface area contributed by atoms with Crippen molar-refractivity contribution in [2.75, 3.05) is 0 Å². The van der Waals surface area contributed by atoms with Gasteiger partial charge in [-0.05, 0) is 0 Å². The number of hydrogen-bond acceptors (Lipinski definition) is 0. The minimum atomic E-state index is 0.881. The summed E-state index contributed by atoms with van der Waals surface area (Å²) in [4.78, 5) is 0. The Labute approximate surface area is 174 Å². The molecule has 0 fully saturated rings. The summed E-state index contributed by atoms with van der Waals surface area (Å²) in [5.41, 5.74) is 6.19. The van der Waals surface area contributed by atoms with Gasteiger partial charge in [-0.2, -0.15) is 0 Å². The topological polar surface area (TPSA) is 0 Å². The Hall–Kier alpha value is -3.50. The quantitative estimate of drug-likeness (QED) is 0.306. The second-order valence-electron chi connectivity index (χ2n) is 7.02. The molecule has 138 valence electrons. The Kier molecular flexibility index (Phi) is 6.26. The van der Waals surface area contributed by atoms with Crippen LogP contribution in [0.5, 0.6) is 0 Å². The van der Waals surface area contributed by atoms with E-state index in [-0.39, 0.29) is 0 Å². The van der Waals surface area contributed by atoms with Crippen LogP contribution in [-0.2, 0) is 6.42 Å². The van der Waals surface area contributed by atoms with E-state index in [2.05, 4.69) is 109 Å². The Morgan fingerprint density at radius 1 is 0.690 bits per heavy atom. The fourth-order valence-corrected chi connectivity index (χ4v) is 3.32. The average Bonchev–Trinajstić information content (AvgIpc) is 2.81. The molecular formula is C28H22B-. The summed E-state index contributed by atoms with van der Waals surface area (Å²) in [6.45, 7) is 1.99. The second kappa shape index (κ2) is 9.62. The van der Waals surface area contributed by atoms with Crippen LogP contribution < -0.4 is 0 Å². The van der Waals surface area contributed by atoms with Gasteiger partial charge in [0, 0.05) is 0 Å². The maximum atomic E-state index is 3.24. The fraction of sp³-hybridized carbons (Fsp3) is 0.0714. The molecular weight excluding hydrogens is 347 g/mol. The van der Waals surface area contributed by atoms with Crippen LogP contribution in [0.1, 0.15) is 17.5 Å². The molecule has 0 unspecified atom stereocenters. The monoisotopic (exact) mass is 369 g/mol. The van der Waals surface area contributed by atoms with E-state index in [4.69, 9.17) is 0 Å². The molecule has 3 aromatic carbocycles. The molecule has 3 aromatic rings. The van der Waals surface area contributed by atoms with Crippen molar-refractivity contribution in [1.82, 2.24) is 0 Å². The van der Waals surface area contributed by atoms with Gasteiger partial charge in [-0.1, -0.05) is 0 Å². The second-order valence-corrected chi connectivity index (χ2v) is 7.02. The molecule has 0 bridgehead atoms. The van der Waals surface area contributed by atoms with Crippen LogP contribution in [0.4, 0.5) is 0 Å². The van der Waals surface area contributed by atoms with Crippen LogP contribution in [0, 0.1) is 17.7 Å². The molecule has 0 N–H and O–H groups in total. The molecule has 0 saturated heterocycles. The number of allylic oxidation sites excluding steroid dienone is 4. The predicted molar refractivity (Wildman–Crippen MR) is 126 cm³/mol. The Morgan fingerprint density at radius 3 is 2.00 bits per heavy atom. The van der Waals surface area contributed by atoms with E-state index in [1.54, 1.807) is 0 Å². The molecule has 0 saturated carbocycles. The fourth-order valence-electron chi connectivity index (χ4n) is 3.32. The first-order valence-corrected chi connectivity index (χ1v) is 10.00. The molecule has 0 spiro atoms. The summed E-state index contributed by atoms with van der Waals surface area (Å²) in [6.07, 6.45) is 10.5. The first kappa shape index (κ1) is 18.8. The predicted octanol–water partition coefficient (Wildman–Crippen LogP) is 5.87. The van der Waals surface area contributed by atoms with Gasteiger partial charge in [0.1, 0.15) is 0 Å². The number of rotatable bonds is 4. The zero-order chi connectivity index (χ0) is 19.7. The van der Waals surface area contributed by atoms with Gasteiger partial charge in [0.15, 0.2) is 0 Å². The first-order valence-electron chi connectivity index (χ1n) is 10.00. The van der Waals surface area contributed by atoms with Gasteiger partial charge in [-0.3, -0.25) is 0 Å². The summed E-state index contributed by atoms with van der Waals surface area (Å²) < 4.78 is 0. The summed E-state index contributed by atoms with van der Waals surface area (Å²) in [7, 11) is 0. The van der Waals surface area contributed by atoms with Gasteiger partial charge in [-0.15, -0.1) is 0 Å². The Balaban J connectivity index is 1.33. The molecule has 1 heteroatoms. The average molecular weight is 369 g/mol. The zero-order valence-corrected chi connectivity index (χ0v) is 16.4. The van der Waals surface area contributed by atoms with Gasteiger partial charge in [0.05, 0.1) is 0 Å². The van der Waals surface area contributed by atoms with E-state index in [0.29, 0.717) is 0 Å². The third kappa shape index (κ3) is 5.28.